The number of ether oxygens (including phenoxy) is 1. The van der Waals surface area contributed by atoms with Crippen molar-refractivity contribution in [1.82, 2.24) is 29.9 Å². The van der Waals surface area contributed by atoms with Crippen LogP contribution in [0.3, 0.4) is 0 Å². The fourth-order valence-electron chi connectivity index (χ4n) is 8.28. The molecule has 464 valence electrons. The minimum Gasteiger partial charge on any atom is -0.744 e. The van der Waals surface area contributed by atoms with E-state index in [0.717, 1.165) is 24.3 Å². The maximum atomic E-state index is 12.5. The number of anilines is 5. The van der Waals surface area contributed by atoms with Crippen molar-refractivity contribution in [2.24, 2.45) is 20.5 Å². The molecule has 0 saturated carbocycles. The van der Waals surface area contributed by atoms with Crippen LogP contribution < -0.4 is 21.6 Å². The molecule has 0 amide bonds. The lowest BCUT2D eigenvalue weighted by Gasteiger charge is -2.42. The second kappa shape index (κ2) is 26.1. The zero-order valence-electron chi connectivity index (χ0n) is 42.7. The maximum Gasteiger partial charge on any atom is 0.351 e. The van der Waals surface area contributed by atoms with Gasteiger partial charge in [-0.3, -0.25) is 4.98 Å². The van der Waals surface area contributed by atoms with Gasteiger partial charge in [-0.25, -0.2) is 17.4 Å². The number of aliphatic hydroxyl groups is 4. The van der Waals surface area contributed by atoms with Crippen molar-refractivity contribution in [2.75, 3.05) is 35.1 Å². The SMILES string of the molecule is C.C.CS1(c2cc3cc(S(=O)(=O)[O-])cc(Nc4nc(NC5C(O)OC(CO)C(O)C5O)nc(=O)[nH]4)c3c(O)c2N=Nc2ccccc2)OOO1.CS1(c2cc3cc(S(=O)([O-])=[OH+])cc(Nc4nc(Cl)nc(Cl)n4)c3c(O)c2N=Nc2ccccc2)OOO1. The second-order valence-electron chi connectivity index (χ2n) is 17.9. The van der Waals surface area contributed by atoms with E-state index in [1.807, 2.05) is 0 Å². The fraction of sp³-hybridized carbons (Fsp3) is 0.208. The monoisotopic (exact) mass is 1320 g/mol. The van der Waals surface area contributed by atoms with Crippen LogP contribution >= 0.6 is 44.4 Å². The second-order valence-corrected chi connectivity index (χ2v) is 25.9. The molecule has 3 aliphatic rings. The number of halogens is 2. The Kier molecular flexibility index (Phi) is 19.6. The summed E-state index contributed by atoms with van der Waals surface area (Å²) >= 11 is 11.7. The number of benzene rings is 6. The molecule has 3 saturated heterocycles. The van der Waals surface area contributed by atoms with Gasteiger partial charge in [0.1, 0.15) is 39.4 Å². The summed E-state index contributed by atoms with van der Waals surface area (Å²) in [5.74, 6) is -2.07. The van der Waals surface area contributed by atoms with Crippen LogP contribution in [0.4, 0.5) is 52.0 Å². The van der Waals surface area contributed by atoms with Gasteiger partial charge in [0.25, 0.3) is 10.1 Å². The van der Waals surface area contributed by atoms with E-state index in [1.165, 1.54) is 18.4 Å². The minimum atomic E-state index is -5.10. The highest BCUT2D eigenvalue weighted by atomic mass is 35.5. The molecule has 87 heavy (non-hydrogen) atoms. The van der Waals surface area contributed by atoms with Crippen molar-refractivity contribution in [3.8, 4) is 11.5 Å². The Morgan fingerprint density at radius 3 is 1.61 bits per heavy atom. The molecule has 0 radical (unpaired) electrons. The van der Waals surface area contributed by atoms with Gasteiger partial charge in [0.05, 0.1) is 44.0 Å². The van der Waals surface area contributed by atoms with Gasteiger partial charge < -0.3 is 60.4 Å². The smallest absolute Gasteiger partial charge is 0.351 e. The number of hydrogen-bond acceptors (Lipinski definition) is 31. The van der Waals surface area contributed by atoms with Gasteiger partial charge in [-0.15, -0.1) is 10.2 Å². The lowest BCUT2D eigenvalue weighted by atomic mass is 9.97. The Balaban J connectivity index is 0.000000228. The van der Waals surface area contributed by atoms with Crippen molar-refractivity contribution >= 4 is 138 Å². The Labute approximate surface area is 504 Å². The number of H-pyrrole nitrogens is 1. The molecule has 3 aliphatic heterocycles. The highest BCUT2D eigenvalue weighted by molar-refractivity contribution is 8.26. The summed E-state index contributed by atoms with van der Waals surface area (Å²) < 4.78 is 96.1. The standard InChI is InChI=1S/C26H27N7O13S2.C20H14Cl2N6O7S2.2CH4/c1-47(45-44-46-47)16-8-11-7-13(48(40,41)42)9-14(17(11)21(36)18(16)33-32-12-5-3-2-4-6-12)27-24-29-25(31-26(39)30-24)28-19-22(37)20(35)15(10-34)43-23(19)38;1-36(34-33-35-36)14-8-10-7-12(37(30,31)32)9-13(23-20-25-18(21)24-19(22)26-20)15(10)17(29)16(14)28-27-11-5-3-2-4-6-11;;/h2-9,15,19-20,22-23,34-38H,10H2,1H3,(H,40,41,42)(H3,27,28,29,30,31,39);2-9,29H,1H3,(H,30,31,32)(H,23,24,25,26);2*1H4/p-1. The number of aromatic hydroxyl groups is 2. The van der Waals surface area contributed by atoms with Gasteiger partial charge in [0.15, 0.2) is 29.2 Å². The summed E-state index contributed by atoms with van der Waals surface area (Å²) in [7, 11) is -15.0. The molecule has 6 aromatic carbocycles. The topological polar surface area (TPSA) is 488 Å². The van der Waals surface area contributed by atoms with Gasteiger partial charge >= 0.3 is 5.69 Å². The largest absolute Gasteiger partial charge is 0.744 e. The number of aliphatic hydroxyl groups excluding tert-OH is 4. The molecule has 5 heterocycles. The van der Waals surface area contributed by atoms with Gasteiger partial charge in [-0.1, -0.05) is 89.8 Å². The Hall–Kier alpha value is -7.48. The van der Waals surface area contributed by atoms with E-state index >= 15 is 0 Å². The number of fused-ring (bicyclic) bond motifs is 2. The summed E-state index contributed by atoms with van der Waals surface area (Å²) in [6.07, 6.45) is -3.35. The first-order valence-corrected chi connectivity index (χ1v) is 31.1. The third-order valence-electron chi connectivity index (χ3n) is 12.2. The van der Waals surface area contributed by atoms with E-state index in [2.05, 4.69) is 76.4 Å². The number of nitrogens with one attached hydrogen (secondary N) is 4. The Morgan fingerprint density at radius 2 is 1.15 bits per heavy atom. The molecule has 3 fully saturated rings. The predicted molar refractivity (Wildman–Crippen MR) is 310 cm³/mol. The highest BCUT2D eigenvalue weighted by Gasteiger charge is 2.44. The molecule has 2 aromatic heterocycles. The number of aromatic nitrogens is 6. The minimum absolute atomic E-state index is 0. The number of phenols is 2. The molecule has 0 bridgehead atoms. The van der Waals surface area contributed by atoms with Crippen LogP contribution in [0.15, 0.2) is 142 Å². The van der Waals surface area contributed by atoms with Crippen LogP contribution in [0.25, 0.3) is 21.5 Å². The summed E-state index contributed by atoms with van der Waals surface area (Å²) in [6.45, 7) is -0.707. The average molecular weight is 1330 g/mol. The quantitative estimate of drug-likeness (QED) is 0.0202. The van der Waals surface area contributed by atoms with Crippen LogP contribution in [0, 0.1) is 0 Å². The van der Waals surface area contributed by atoms with Crippen LogP contribution in [-0.2, 0) is 52.4 Å². The zero-order chi connectivity index (χ0) is 60.8. The number of rotatable bonds is 15. The van der Waals surface area contributed by atoms with Crippen LogP contribution in [0.5, 0.6) is 11.5 Å². The normalized spacial score (nSPS) is 21.0. The molecule has 39 heteroatoms. The lowest BCUT2D eigenvalue weighted by Crippen LogP contribution is -2.61. The van der Waals surface area contributed by atoms with Crippen molar-refractivity contribution in [3.05, 3.63) is 118 Å². The number of nitrogens with zero attached hydrogens (tertiary/aromatic N) is 9. The molecular formula is C48H48Cl2N13O20S4-. The van der Waals surface area contributed by atoms with Crippen molar-refractivity contribution < 1.29 is 88.7 Å². The first-order valence-electron chi connectivity index (χ1n) is 23.7. The zero-order valence-corrected chi connectivity index (χ0v) is 47.5. The molecule has 6 unspecified atom stereocenters. The highest BCUT2D eigenvalue weighted by Crippen LogP contribution is 2.68. The molecule has 11 N–H and O–H groups in total. The predicted octanol–water partition coefficient (Wildman–Crippen LogP) is 7.86. The number of hydrogen-bond donors (Lipinski definition) is 10. The molecule has 11 rings (SSSR count). The van der Waals surface area contributed by atoms with Crippen LogP contribution in [-0.4, -0.2) is 136 Å². The third-order valence-corrected chi connectivity index (χ3v) is 17.7. The van der Waals surface area contributed by atoms with Crippen molar-refractivity contribution in [3.63, 3.8) is 0 Å². The van der Waals surface area contributed by atoms with Crippen LogP contribution in [0.1, 0.15) is 14.9 Å². The Bertz CT molecular complexity index is 4240. The van der Waals surface area contributed by atoms with Crippen molar-refractivity contribution in [1.29, 1.82) is 0 Å². The molecule has 0 spiro atoms. The van der Waals surface area contributed by atoms with E-state index in [0.29, 0.717) is 11.4 Å². The van der Waals surface area contributed by atoms with Gasteiger partial charge in [-0.2, -0.15) is 39.4 Å². The lowest BCUT2D eigenvalue weighted by molar-refractivity contribution is -0.470. The number of aromatic amines is 1. The van der Waals surface area contributed by atoms with E-state index in [1.54, 1.807) is 66.9 Å². The van der Waals surface area contributed by atoms with E-state index in [9.17, 15) is 61.4 Å². The first-order chi connectivity index (χ1) is 40.3. The fourth-order valence-corrected chi connectivity index (χ4v) is 12.1. The van der Waals surface area contributed by atoms with Crippen molar-refractivity contribution in [2.45, 2.75) is 65.1 Å². The molecule has 0 aliphatic carbocycles. The number of azo groups is 2. The summed E-state index contributed by atoms with van der Waals surface area (Å²) in [5.41, 5.74) is -0.599. The Morgan fingerprint density at radius 1 is 0.667 bits per heavy atom. The summed E-state index contributed by atoms with van der Waals surface area (Å²) in [4.78, 5) is 33.0. The third kappa shape index (κ3) is 14.1. The first kappa shape index (κ1) is 65.5. The van der Waals surface area contributed by atoms with Gasteiger partial charge in [-0.05, 0) is 105 Å². The summed E-state index contributed by atoms with van der Waals surface area (Å²) in [6, 6.07) is 22.7. The maximum absolute atomic E-state index is 12.5. The molecule has 33 nitrogen and oxygen atoms in total. The number of phenolic OH excluding ortho intramolecular Hbond substituents is 2. The van der Waals surface area contributed by atoms with E-state index in [-0.39, 0.29) is 85.5 Å². The van der Waals surface area contributed by atoms with E-state index in [4.69, 9.17) is 45.3 Å². The van der Waals surface area contributed by atoms with Gasteiger partial charge in [0, 0.05) is 23.3 Å². The molecule has 8 aromatic rings. The van der Waals surface area contributed by atoms with E-state index < -0.39 is 118 Å². The van der Waals surface area contributed by atoms with Gasteiger partial charge in [0.2, 0.25) is 28.4 Å². The van der Waals surface area contributed by atoms with Crippen LogP contribution in [0.2, 0.25) is 10.6 Å². The summed E-state index contributed by atoms with van der Waals surface area (Å²) in [5, 5.41) is 96.5. The molecular weight excluding hydrogens is 1280 g/mol. The molecule has 6 atom stereocenters. The average Bonchev–Trinajstić information content (AvgIpc) is 0.787.